The van der Waals surface area contributed by atoms with Crippen molar-refractivity contribution in [3.8, 4) is 0 Å². The molecule has 0 spiro atoms. The van der Waals surface area contributed by atoms with Crippen molar-refractivity contribution in [1.82, 2.24) is 0 Å². The van der Waals surface area contributed by atoms with Crippen LogP contribution in [0.1, 0.15) is 18.1 Å². The van der Waals surface area contributed by atoms with Gasteiger partial charge < -0.3 is 4.74 Å². The van der Waals surface area contributed by atoms with Crippen molar-refractivity contribution in [3.05, 3.63) is 33.8 Å². The maximum atomic E-state index is 11.4. The van der Waals surface area contributed by atoms with E-state index in [9.17, 15) is 4.79 Å². The van der Waals surface area contributed by atoms with E-state index in [1.54, 1.807) is 0 Å². The van der Waals surface area contributed by atoms with Crippen LogP contribution in [-0.4, -0.2) is 12.6 Å². The molecule has 1 aromatic rings. The zero-order chi connectivity index (χ0) is 11.3. The van der Waals surface area contributed by atoms with E-state index in [1.165, 1.54) is 0 Å². The van der Waals surface area contributed by atoms with E-state index in [-0.39, 0.29) is 5.97 Å². The van der Waals surface area contributed by atoms with Crippen LogP contribution in [0.5, 0.6) is 0 Å². The molecule has 0 fully saturated rings. The Bertz CT molecular complexity index is 350. The van der Waals surface area contributed by atoms with Crippen molar-refractivity contribution in [2.75, 3.05) is 6.61 Å². The average molecular weight is 336 g/mol. The first kappa shape index (κ1) is 12.7. The summed E-state index contributed by atoms with van der Waals surface area (Å²) in [6, 6.07) is 5.88. The standard InChI is InChI=1S/C11H12Br2O2/c1-2-15-11(14)6-9-8(7-12)4-3-5-10(9)13/h3-5H,2,6-7H2,1H3. The SMILES string of the molecule is CCOC(=O)Cc1c(Br)cccc1CBr. The molecule has 1 aromatic carbocycles. The molecule has 1 rings (SSSR count). The molecule has 0 aliphatic carbocycles. The molecule has 0 amide bonds. The van der Waals surface area contributed by atoms with Crippen LogP contribution in [0.25, 0.3) is 0 Å². The molecular formula is C11H12Br2O2. The van der Waals surface area contributed by atoms with E-state index < -0.39 is 0 Å². The number of ether oxygens (including phenoxy) is 1. The highest BCUT2D eigenvalue weighted by Gasteiger charge is 2.11. The van der Waals surface area contributed by atoms with E-state index >= 15 is 0 Å². The number of carbonyl (C=O) groups excluding carboxylic acids is 1. The summed E-state index contributed by atoms with van der Waals surface area (Å²) in [4.78, 5) is 11.4. The molecule has 15 heavy (non-hydrogen) atoms. The molecule has 0 bridgehead atoms. The molecule has 0 aliphatic rings. The second-order valence-electron chi connectivity index (χ2n) is 2.99. The number of esters is 1. The van der Waals surface area contributed by atoms with E-state index in [0.717, 1.165) is 20.9 Å². The summed E-state index contributed by atoms with van der Waals surface area (Å²) in [6.45, 7) is 2.23. The Balaban J connectivity index is 2.87. The lowest BCUT2D eigenvalue weighted by atomic mass is 10.1. The number of rotatable bonds is 4. The summed E-state index contributed by atoms with van der Waals surface area (Å²) in [5, 5.41) is 0.737. The van der Waals surface area contributed by atoms with Crippen LogP contribution >= 0.6 is 31.9 Å². The van der Waals surface area contributed by atoms with Crippen LogP contribution < -0.4 is 0 Å². The van der Waals surface area contributed by atoms with Gasteiger partial charge in [0.25, 0.3) is 0 Å². The Morgan fingerprint density at radius 1 is 1.47 bits per heavy atom. The van der Waals surface area contributed by atoms with Crippen LogP contribution in [0.2, 0.25) is 0 Å². The van der Waals surface area contributed by atoms with Crippen molar-refractivity contribution in [2.24, 2.45) is 0 Å². The molecular weight excluding hydrogens is 324 g/mol. The lowest BCUT2D eigenvalue weighted by Crippen LogP contribution is -2.09. The van der Waals surface area contributed by atoms with Crippen molar-refractivity contribution in [3.63, 3.8) is 0 Å². The van der Waals surface area contributed by atoms with Gasteiger partial charge in [-0.1, -0.05) is 44.0 Å². The molecule has 0 aliphatic heterocycles. The molecule has 0 heterocycles. The molecule has 0 atom stereocenters. The Morgan fingerprint density at radius 3 is 2.80 bits per heavy atom. The van der Waals surface area contributed by atoms with Crippen molar-refractivity contribution >= 4 is 37.8 Å². The third-order valence-corrected chi connectivity index (χ3v) is 3.33. The van der Waals surface area contributed by atoms with E-state index in [2.05, 4.69) is 31.9 Å². The lowest BCUT2D eigenvalue weighted by molar-refractivity contribution is -0.142. The van der Waals surface area contributed by atoms with Crippen LogP contribution in [0.15, 0.2) is 22.7 Å². The van der Waals surface area contributed by atoms with Gasteiger partial charge in [-0.25, -0.2) is 0 Å². The van der Waals surface area contributed by atoms with Crippen LogP contribution in [0, 0.1) is 0 Å². The minimum Gasteiger partial charge on any atom is -0.466 e. The zero-order valence-electron chi connectivity index (χ0n) is 8.43. The van der Waals surface area contributed by atoms with E-state index in [4.69, 9.17) is 4.74 Å². The predicted octanol–water partition coefficient (Wildman–Crippen LogP) is 3.45. The first-order valence-electron chi connectivity index (χ1n) is 4.66. The number of halogens is 2. The number of alkyl halides is 1. The molecule has 82 valence electrons. The number of carbonyl (C=O) groups is 1. The fourth-order valence-electron chi connectivity index (χ4n) is 1.28. The highest BCUT2D eigenvalue weighted by atomic mass is 79.9. The summed E-state index contributed by atoms with van der Waals surface area (Å²) in [5.74, 6) is -0.188. The van der Waals surface area contributed by atoms with Crippen molar-refractivity contribution in [2.45, 2.75) is 18.7 Å². The lowest BCUT2D eigenvalue weighted by Gasteiger charge is -2.08. The summed E-state index contributed by atoms with van der Waals surface area (Å²) in [6.07, 6.45) is 0.316. The molecule has 0 saturated carbocycles. The van der Waals surface area contributed by atoms with E-state index in [0.29, 0.717) is 13.0 Å². The molecule has 0 N–H and O–H groups in total. The molecule has 0 unspecified atom stereocenters. The van der Waals surface area contributed by atoms with Gasteiger partial charge >= 0.3 is 5.97 Å². The topological polar surface area (TPSA) is 26.3 Å². The Hall–Kier alpha value is -0.350. The first-order valence-corrected chi connectivity index (χ1v) is 6.58. The molecule has 0 saturated heterocycles. The smallest absolute Gasteiger partial charge is 0.310 e. The van der Waals surface area contributed by atoms with Gasteiger partial charge in [0.2, 0.25) is 0 Å². The highest BCUT2D eigenvalue weighted by Crippen LogP contribution is 2.23. The molecule has 4 heteroatoms. The maximum absolute atomic E-state index is 11.4. The monoisotopic (exact) mass is 334 g/mol. The van der Waals surface area contributed by atoms with Gasteiger partial charge in [0.05, 0.1) is 13.0 Å². The number of hydrogen-bond acceptors (Lipinski definition) is 2. The summed E-state index contributed by atoms with van der Waals surface area (Å²) in [7, 11) is 0. The maximum Gasteiger partial charge on any atom is 0.310 e. The Kier molecular flexibility index (Phi) is 5.32. The van der Waals surface area contributed by atoms with Gasteiger partial charge in [0.1, 0.15) is 0 Å². The average Bonchev–Trinajstić information content (AvgIpc) is 2.21. The zero-order valence-corrected chi connectivity index (χ0v) is 11.6. The van der Waals surface area contributed by atoms with Gasteiger partial charge in [0, 0.05) is 9.80 Å². The van der Waals surface area contributed by atoms with Crippen LogP contribution in [0.4, 0.5) is 0 Å². The summed E-state index contributed by atoms with van der Waals surface area (Å²) < 4.78 is 5.88. The van der Waals surface area contributed by atoms with Crippen molar-refractivity contribution < 1.29 is 9.53 Å². The van der Waals surface area contributed by atoms with E-state index in [1.807, 2.05) is 25.1 Å². The van der Waals surface area contributed by atoms with Gasteiger partial charge in [0.15, 0.2) is 0 Å². The Morgan fingerprint density at radius 2 is 2.20 bits per heavy atom. The van der Waals surface area contributed by atoms with Gasteiger partial charge in [-0.3, -0.25) is 4.79 Å². The minimum absolute atomic E-state index is 0.188. The predicted molar refractivity (Wildman–Crippen MR) is 67.1 cm³/mol. The second kappa shape index (κ2) is 6.28. The van der Waals surface area contributed by atoms with Crippen LogP contribution in [-0.2, 0) is 21.3 Å². The summed E-state index contributed by atoms with van der Waals surface area (Å²) in [5.41, 5.74) is 2.10. The van der Waals surface area contributed by atoms with Crippen LogP contribution in [0.3, 0.4) is 0 Å². The summed E-state index contributed by atoms with van der Waals surface area (Å²) >= 11 is 6.84. The number of benzene rings is 1. The third-order valence-electron chi connectivity index (χ3n) is 1.99. The molecule has 2 nitrogen and oxygen atoms in total. The van der Waals surface area contributed by atoms with Gasteiger partial charge in [-0.2, -0.15) is 0 Å². The first-order chi connectivity index (χ1) is 7.19. The third kappa shape index (κ3) is 3.61. The normalized spacial score (nSPS) is 10.1. The highest BCUT2D eigenvalue weighted by molar-refractivity contribution is 9.10. The molecule has 0 aromatic heterocycles. The Labute approximate surface area is 106 Å². The second-order valence-corrected chi connectivity index (χ2v) is 4.41. The van der Waals surface area contributed by atoms with Gasteiger partial charge in [-0.15, -0.1) is 0 Å². The fraction of sp³-hybridized carbons (Fsp3) is 0.364. The van der Waals surface area contributed by atoms with Crippen molar-refractivity contribution in [1.29, 1.82) is 0 Å². The van der Waals surface area contributed by atoms with Gasteiger partial charge in [-0.05, 0) is 24.1 Å². The largest absolute Gasteiger partial charge is 0.466 e. The molecule has 0 radical (unpaired) electrons. The minimum atomic E-state index is -0.188. The quantitative estimate of drug-likeness (QED) is 0.622. The number of hydrogen-bond donors (Lipinski definition) is 0. The fourth-order valence-corrected chi connectivity index (χ4v) is 2.36.